The van der Waals surface area contributed by atoms with Crippen molar-refractivity contribution in [1.29, 1.82) is 0 Å². The van der Waals surface area contributed by atoms with Gasteiger partial charge in [0.15, 0.2) is 17.5 Å². The quantitative estimate of drug-likeness (QED) is 0.305. The summed E-state index contributed by atoms with van der Waals surface area (Å²) in [4.78, 5) is 12.1. The lowest BCUT2D eigenvalue weighted by molar-refractivity contribution is 0.100. The number of hydrogen-bond acceptors (Lipinski definition) is 1. The standard InChI is InChI=1S/C26H15ClF3N2O/c27-17-8-4-14(5-9-17)15-6-10-18-22(12-15)32(13-16-7-11-20(28)25(30)24(16)29)21-3-1-2-19(23(18)21)26(31)33/h1-9,11-12H,13H2,(H2,31,33). The van der Waals surface area contributed by atoms with Crippen LogP contribution in [-0.4, -0.2) is 10.5 Å². The van der Waals surface area contributed by atoms with Crippen molar-refractivity contribution < 1.29 is 18.0 Å². The van der Waals surface area contributed by atoms with Gasteiger partial charge in [-0.05, 0) is 59.7 Å². The Morgan fingerprint density at radius 1 is 0.939 bits per heavy atom. The number of halogens is 4. The number of nitrogens with zero attached hydrogens (tertiary/aromatic N) is 1. The van der Waals surface area contributed by atoms with Crippen molar-refractivity contribution in [3.63, 3.8) is 0 Å². The zero-order valence-corrected chi connectivity index (χ0v) is 17.8. The molecule has 33 heavy (non-hydrogen) atoms. The van der Waals surface area contributed by atoms with Crippen LogP contribution in [0.2, 0.25) is 5.02 Å². The van der Waals surface area contributed by atoms with Gasteiger partial charge < -0.3 is 10.3 Å². The van der Waals surface area contributed by atoms with Crippen LogP contribution >= 0.6 is 11.6 Å². The summed E-state index contributed by atoms with van der Waals surface area (Å²) in [5.74, 6) is -4.66. The zero-order chi connectivity index (χ0) is 23.3. The van der Waals surface area contributed by atoms with Crippen LogP contribution in [0.25, 0.3) is 32.9 Å². The molecule has 5 aromatic rings. The molecular formula is C26H15ClF3N2O. The van der Waals surface area contributed by atoms with Crippen molar-refractivity contribution in [2.24, 2.45) is 5.73 Å². The molecule has 1 radical (unpaired) electrons. The summed E-state index contributed by atoms with van der Waals surface area (Å²) in [6.07, 6.45) is 0. The van der Waals surface area contributed by atoms with Crippen LogP contribution in [0.3, 0.4) is 0 Å². The van der Waals surface area contributed by atoms with Crippen molar-refractivity contribution in [1.82, 2.24) is 4.57 Å². The number of fused-ring (bicyclic) bond motifs is 3. The summed E-state index contributed by atoms with van der Waals surface area (Å²) >= 11 is 6.00. The first kappa shape index (κ1) is 21.1. The number of aromatic nitrogens is 1. The average Bonchev–Trinajstić information content (AvgIpc) is 3.12. The van der Waals surface area contributed by atoms with Crippen molar-refractivity contribution in [2.75, 3.05) is 0 Å². The van der Waals surface area contributed by atoms with Crippen LogP contribution in [0.4, 0.5) is 13.2 Å². The Bertz CT molecular complexity index is 1560. The molecule has 0 spiro atoms. The number of nitrogens with two attached hydrogens (primary N) is 1. The first-order valence-electron chi connectivity index (χ1n) is 10.00. The van der Waals surface area contributed by atoms with E-state index in [1.54, 1.807) is 41.0 Å². The maximum absolute atomic E-state index is 14.5. The molecule has 7 heteroatoms. The van der Waals surface area contributed by atoms with Gasteiger partial charge in [-0.1, -0.05) is 35.9 Å². The highest BCUT2D eigenvalue weighted by Crippen LogP contribution is 2.35. The third kappa shape index (κ3) is 3.52. The van der Waals surface area contributed by atoms with Gasteiger partial charge in [0.1, 0.15) is 0 Å². The first-order chi connectivity index (χ1) is 15.8. The second-order valence-corrected chi connectivity index (χ2v) is 8.08. The predicted molar refractivity (Wildman–Crippen MR) is 123 cm³/mol. The summed E-state index contributed by atoms with van der Waals surface area (Å²) in [7, 11) is 0. The second-order valence-electron chi connectivity index (χ2n) is 7.64. The molecule has 5 rings (SSSR count). The summed E-state index contributed by atoms with van der Waals surface area (Å²) in [5, 5.41) is 1.77. The van der Waals surface area contributed by atoms with Crippen LogP contribution in [0, 0.1) is 23.5 Å². The molecule has 0 bridgehead atoms. The van der Waals surface area contributed by atoms with Crippen molar-refractivity contribution in [3.8, 4) is 11.1 Å². The Kier molecular flexibility index (Phi) is 5.10. The minimum atomic E-state index is -1.53. The topological polar surface area (TPSA) is 48.0 Å². The molecule has 0 saturated heterocycles. The van der Waals surface area contributed by atoms with E-state index < -0.39 is 23.4 Å². The molecule has 1 amide bonds. The van der Waals surface area contributed by atoms with E-state index in [4.69, 9.17) is 17.3 Å². The van der Waals surface area contributed by atoms with Crippen LogP contribution in [0.5, 0.6) is 0 Å². The number of rotatable bonds is 4. The number of carbonyl (C=O) groups is 1. The van der Waals surface area contributed by atoms with Crippen LogP contribution in [-0.2, 0) is 6.54 Å². The van der Waals surface area contributed by atoms with E-state index in [1.807, 2.05) is 18.2 Å². The van der Waals surface area contributed by atoms with Gasteiger partial charge in [-0.25, -0.2) is 13.2 Å². The number of primary amides is 1. The number of amides is 1. The molecule has 0 saturated carbocycles. The average molecular weight is 464 g/mol. The SMILES string of the molecule is NC(=O)c1cccc2c1c1[c]cc(-c3ccc(Cl)cc3)cc1n2Cc1ccc(F)c(F)c1F. The summed E-state index contributed by atoms with van der Waals surface area (Å²) < 4.78 is 43.6. The molecule has 2 N–H and O–H groups in total. The zero-order valence-electron chi connectivity index (χ0n) is 17.0. The fourth-order valence-electron chi connectivity index (χ4n) is 4.10. The molecule has 163 valence electrons. The Labute approximate surface area is 191 Å². The first-order valence-corrected chi connectivity index (χ1v) is 10.4. The maximum atomic E-state index is 14.5. The lowest BCUT2D eigenvalue weighted by atomic mass is 10.0. The van der Waals surface area contributed by atoms with Gasteiger partial charge in [0.25, 0.3) is 0 Å². The molecule has 1 aromatic heterocycles. The normalized spacial score (nSPS) is 11.4. The molecule has 0 aliphatic heterocycles. The van der Waals surface area contributed by atoms with E-state index in [9.17, 15) is 18.0 Å². The summed E-state index contributed by atoms with van der Waals surface area (Å²) in [6, 6.07) is 21.2. The Hall–Kier alpha value is -3.77. The maximum Gasteiger partial charge on any atom is 0.249 e. The Morgan fingerprint density at radius 3 is 2.42 bits per heavy atom. The molecule has 0 fully saturated rings. The predicted octanol–water partition coefficient (Wildman–Crippen LogP) is 6.48. The van der Waals surface area contributed by atoms with Crippen LogP contribution in [0.1, 0.15) is 15.9 Å². The highest BCUT2D eigenvalue weighted by atomic mass is 35.5. The molecule has 3 nitrogen and oxygen atoms in total. The lowest BCUT2D eigenvalue weighted by Gasteiger charge is -2.11. The molecule has 0 aliphatic rings. The lowest BCUT2D eigenvalue weighted by Crippen LogP contribution is -2.11. The number of hydrogen-bond donors (Lipinski definition) is 1. The molecule has 0 atom stereocenters. The summed E-state index contributed by atoms with van der Waals surface area (Å²) in [5.41, 5.74) is 8.78. The van der Waals surface area contributed by atoms with E-state index in [0.717, 1.165) is 17.2 Å². The van der Waals surface area contributed by atoms with Gasteiger partial charge in [-0.3, -0.25) is 4.79 Å². The number of carbonyl (C=O) groups excluding carboxylic acids is 1. The fraction of sp³-hybridized carbons (Fsp3) is 0.0385. The highest BCUT2D eigenvalue weighted by Gasteiger charge is 2.20. The van der Waals surface area contributed by atoms with Gasteiger partial charge in [-0.15, -0.1) is 0 Å². The third-order valence-corrected chi connectivity index (χ3v) is 5.93. The van der Waals surface area contributed by atoms with E-state index in [-0.39, 0.29) is 17.7 Å². The van der Waals surface area contributed by atoms with Gasteiger partial charge in [-0.2, -0.15) is 0 Å². The molecule has 4 aromatic carbocycles. The molecule has 1 heterocycles. The highest BCUT2D eigenvalue weighted by molar-refractivity contribution is 6.30. The van der Waals surface area contributed by atoms with Crippen LogP contribution < -0.4 is 5.73 Å². The van der Waals surface area contributed by atoms with Crippen molar-refractivity contribution in [2.45, 2.75) is 6.54 Å². The van der Waals surface area contributed by atoms with Gasteiger partial charge in [0, 0.05) is 26.9 Å². The Balaban J connectivity index is 1.80. The Morgan fingerprint density at radius 2 is 1.70 bits per heavy atom. The summed E-state index contributed by atoms with van der Waals surface area (Å²) in [6.45, 7) is -0.0941. The molecular weight excluding hydrogens is 449 g/mol. The smallest absolute Gasteiger partial charge is 0.249 e. The van der Waals surface area contributed by atoms with Gasteiger partial charge in [0.05, 0.1) is 17.6 Å². The minimum Gasteiger partial charge on any atom is -0.366 e. The van der Waals surface area contributed by atoms with Crippen LogP contribution in [0.15, 0.2) is 66.7 Å². The van der Waals surface area contributed by atoms with Gasteiger partial charge in [0.2, 0.25) is 5.91 Å². The van der Waals surface area contributed by atoms with Crippen molar-refractivity contribution >= 4 is 39.3 Å². The largest absolute Gasteiger partial charge is 0.366 e. The minimum absolute atomic E-state index is 0.0333. The third-order valence-electron chi connectivity index (χ3n) is 5.68. The van der Waals surface area contributed by atoms with Crippen molar-refractivity contribution in [3.05, 3.63) is 106 Å². The molecule has 0 unspecified atom stereocenters. The molecule has 0 aliphatic carbocycles. The van der Waals surface area contributed by atoms with E-state index >= 15 is 0 Å². The monoisotopic (exact) mass is 463 g/mol. The van der Waals surface area contributed by atoms with E-state index in [2.05, 4.69) is 6.07 Å². The van der Waals surface area contributed by atoms with Gasteiger partial charge >= 0.3 is 0 Å². The second kappa shape index (κ2) is 7.98. The van der Waals surface area contributed by atoms with E-state index in [0.29, 0.717) is 26.8 Å². The fourth-order valence-corrected chi connectivity index (χ4v) is 4.22. The number of benzene rings is 4. The van der Waals surface area contributed by atoms with E-state index in [1.165, 1.54) is 6.07 Å².